The number of nitrogens with zero attached hydrogens (tertiary/aromatic N) is 1. The molecule has 98 valence electrons. The van der Waals surface area contributed by atoms with Crippen LogP contribution in [0.2, 0.25) is 0 Å². The van der Waals surface area contributed by atoms with Crippen molar-refractivity contribution < 1.29 is 13.2 Å². The van der Waals surface area contributed by atoms with Crippen molar-refractivity contribution in [3.63, 3.8) is 0 Å². The standard InChI is InChI=1S/C14H12F2N2O/c15-13-6-10(8-17)7-14(16)12(13)9-18-4-3-11-2-1-5-19-11/h1-2,5-7,18H,3-4,9H2. The molecule has 0 saturated heterocycles. The summed E-state index contributed by atoms with van der Waals surface area (Å²) in [5.74, 6) is -0.600. The molecule has 3 nitrogen and oxygen atoms in total. The molecule has 1 aromatic heterocycles. The van der Waals surface area contributed by atoms with Gasteiger partial charge in [0.15, 0.2) is 0 Å². The molecule has 2 rings (SSSR count). The second-order valence-electron chi connectivity index (χ2n) is 4.04. The third-order valence-corrected chi connectivity index (χ3v) is 2.70. The molecule has 1 N–H and O–H groups in total. The van der Waals surface area contributed by atoms with Crippen LogP contribution in [0.5, 0.6) is 0 Å². The highest BCUT2D eigenvalue weighted by Crippen LogP contribution is 2.14. The van der Waals surface area contributed by atoms with E-state index in [1.54, 1.807) is 18.4 Å². The van der Waals surface area contributed by atoms with Gasteiger partial charge in [-0.05, 0) is 24.3 Å². The molecule has 5 heteroatoms. The van der Waals surface area contributed by atoms with Gasteiger partial charge in [0.05, 0.1) is 17.9 Å². The zero-order valence-electron chi connectivity index (χ0n) is 10.1. The molecule has 0 spiro atoms. The van der Waals surface area contributed by atoms with Gasteiger partial charge in [-0.25, -0.2) is 8.78 Å². The zero-order valence-corrected chi connectivity index (χ0v) is 10.1. The van der Waals surface area contributed by atoms with Gasteiger partial charge in [-0.3, -0.25) is 0 Å². The zero-order chi connectivity index (χ0) is 13.7. The minimum atomic E-state index is -0.706. The van der Waals surface area contributed by atoms with Gasteiger partial charge in [0.25, 0.3) is 0 Å². The normalized spacial score (nSPS) is 10.4. The predicted octanol–water partition coefficient (Wildman–Crippen LogP) is 2.76. The smallest absolute Gasteiger partial charge is 0.131 e. The monoisotopic (exact) mass is 262 g/mol. The number of nitriles is 1. The molecule has 1 heterocycles. The van der Waals surface area contributed by atoms with Crippen LogP contribution < -0.4 is 5.32 Å². The summed E-state index contributed by atoms with van der Waals surface area (Å²) in [5.41, 5.74) is -0.0761. The lowest BCUT2D eigenvalue weighted by molar-refractivity contribution is 0.492. The van der Waals surface area contributed by atoms with Gasteiger partial charge in [0.1, 0.15) is 17.4 Å². The molecule has 2 aromatic rings. The molecule has 0 radical (unpaired) electrons. The lowest BCUT2D eigenvalue weighted by Gasteiger charge is -2.07. The Kier molecular flexibility index (Phi) is 4.26. The van der Waals surface area contributed by atoms with E-state index in [1.807, 2.05) is 6.07 Å². The maximum Gasteiger partial charge on any atom is 0.131 e. The highest BCUT2D eigenvalue weighted by atomic mass is 19.1. The van der Waals surface area contributed by atoms with Crippen molar-refractivity contribution in [3.05, 3.63) is 59.1 Å². The molecular weight excluding hydrogens is 250 g/mol. The summed E-state index contributed by atoms with van der Waals surface area (Å²) in [6, 6.07) is 7.40. The molecule has 1 aromatic carbocycles. The second kappa shape index (κ2) is 6.12. The Morgan fingerprint density at radius 1 is 1.26 bits per heavy atom. The van der Waals surface area contributed by atoms with Gasteiger partial charge in [-0.1, -0.05) is 0 Å². The Labute approximate surface area is 109 Å². The minimum Gasteiger partial charge on any atom is -0.469 e. The number of rotatable bonds is 5. The summed E-state index contributed by atoms with van der Waals surface area (Å²) < 4.78 is 32.2. The number of halogens is 2. The van der Waals surface area contributed by atoms with E-state index < -0.39 is 11.6 Å². The number of hydrogen-bond acceptors (Lipinski definition) is 3. The predicted molar refractivity (Wildman–Crippen MR) is 65.2 cm³/mol. The summed E-state index contributed by atoms with van der Waals surface area (Å²) in [5, 5.41) is 11.5. The lowest BCUT2D eigenvalue weighted by Crippen LogP contribution is -2.18. The quantitative estimate of drug-likeness (QED) is 0.843. The third-order valence-electron chi connectivity index (χ3n) is 2.70. The SMILES string of the molecule is N#Cc1cc(F)c(CNCCc2ccco2)c(F)c1. The summed E-state index contributed by atoms with van der Waals surface area (Å²) in [7, 11) is 0. The Hall–Kier alpha value is -2.19. The largest absolute Gasteiger partial charge is 0.469 e. The molecule has 19 heavy (non-hydrogen) atoms. The minimum absolute atomic E-state index is 0.0191. The highest BCUT2D eigenvalue weighted by molar-refractivity contribution is 5.34. The van der Waals surface area contributed by atoms with E-state index in [4.69, 9.17) is 9.68 Å². The van der Waals surface area contributed by atoms with Crippen LogP contribution in [0.4, 0.5) is 8.78 Å². The molecule has 0 bridgehead atoms. The van der Waals surface area contributed by atoms with Crippen molar-refractivity contribution in [1.82, 2.24) is 5.32 Å². The van der Waals surface area contributed by atoms with Gasteiger partial charge < -0.3 is 9.73 Å². The number of nitrogens with one attached hydrogen (secondary N) is 1. The summed E-state index contributed by atoms with van der Waals surface area (Å²) in [6.07, 6.45) is 2.22. The van der Waals surface area contributed by atoms with Crippen LogP contribution in [0.15, 0.2) is 34.9 Å². The van der Waals surface area contributed by atoms with E-state index in [-0.39, 0.29) is 17.7 Å². The van der Waals surface area contributed by atoms with Crippen molar-refractivity contribution in [1.29, 1.82) is 5.26 Å². The van der Waals surface area contributed by atoms with Crippen molar-refractivity contribution in [2.24, 2.45) is 0 Å². The fourth-order valence-corrected chi connectivity index (χ4v) is 1.72. The van der Waals surface area contributed by atoms with Crippen LogP contribution in [-0.2, 0) is 13.0 Å². The van der Waals surface area contributed by atoms with Gasteiger partial charge in [-0.2, -0.15) is 5.26 Å². The maximum atomic E-state index is 13.5. The fourth-order valence-electron chi connectivity index (χ4n) is 1.72. The maximum absolute atomic E-state index is 13.5. The Bertz CT molecular complexity index is 565. The first-order chi connectivity index (χ1) is 9.20. The van der Waals surface area contributed by atoms with Crippen molar-refractivity contribution in [2.75, 3.05) is 6.54 Å². The van der Waals surface area contributed by atoms with Crippen LogP contribution in [0.25, 0.3) is 0 Å². The van der Waals surface area contributed by atoms with E-state index in [1.165, 1.54) is 0 Å². The van der Waals surface area contributed by atoms with Crippen molar-refractivity contribution in [3.8, 4) is 6.07 Å². The lowest BCUT2D eigenvalue weighted by atomic mass is 10.1. The van der Waals surface area contributed by atoms with E-state index in [9.17, 15) is 8.78 Å². The van der Waals surface area contributed by atoms with E-state index in [0.717, 1.165) is 17.9 Å². The number of benzene rings is 1. The topological polar surface area (TPSA) is 49.0 Å². The molecule has 0 aliphatic heterocycles. The Balaban J connectivity index is 1.91. The second-order valence-corrected chi connectivity index (χ2v) is 4.04. The van der Waals surface area contributed by atoms with Crippen LogP contribution >= 0.6 is 0 Å². The summed E-state index contributed by atoms with van der Waals surface area (Å²) >= 11 is 0. The van der Waals surface area contributed by atoms with Crippen LogP contribution in [0.1, 0.15) is 16.9 Å². The molecule has 0 aliphatic carbocycles. The highest BCUT2D eigenvalue weighted by Gasteiger charge is 2.10. The average Bonchev–Trinajstić information content (AvgIpc) is 2.89. The third kappa shape index (κ3) is 3.39. The van der Waals surface area contributed by atoms with Gasteiger partial charge in [-0.15, -0.1) is 0 Å². The Morgan fingerprint density at radius 2 is 2.00 bits per heavy atom. The number of hydrogen-bond donors (Lipinski definition) is 1. The van der Waals surface area contributed by atoms with E-state index in [0.29, 0.717) is 13.0 Å². The van der Waals surface area contributed by atoms with Crippen LogP contribution in [0, 0.1) is 23.0 Å². The molecule has 0 aliphatic rings. The average molecular weight is 262 g/mol. The fraction of sp³-hybridized carbons (Fsp3) is 0.214. The molecule has 0 unspecified atom stereocenters. The van der Waals surface area contributed by atoms with Gasteiger partial charge in [0, 0.05) is 25.1 Å². The first-order valence-corrected chi connectivity index (χ1v) is 5.82. The van der Waals surface area contributed by atoms with Crippen molar-refractivity contribution in [2.45, 2.75) is 13.0 Å². The number of furan rings is 1. The molecule has 0 saturated carbocycles. The Morgan fingerprint density at radius 3 is 2.58 bits per heavy atom. The van der Waals surface area contributed by atoms with Crippen molar-refractivity contribution >= 4 is 0 Å². The molecule has 0 amide bonds. The summed E-state index contributed by atoms with van der Waals surface area (Å²) in [6.45, 7) is 0.622. The molecule has 0 atom stereocenters. The van der Waals surface area contributed by atoms with Gasteiger partial charge in [0.2, 0.25) is 0 Å². The first-order valence-electron chi connectivity index (χ1n) is 5.82. The van der Waals surface area contributed by atoms with Gasteiger partial charge >= 0.3 is 0 Å². The molecule has 0 fully saturated rings. The molecular formula is C14H12F2N2O. The van der Waals surface area contributed by atoms with Crippen LogP contribution in [0.3, 0.4) is 0 Å². The first kappa shape index (κ1) is 13.2. The summed E-state index contributed by atoms with van der Waals surface area (Å²) in [4.78, 5) is 0. The van der Waals surface area contributed by atoms with E-state index >= 15 is 0 Å². The van der Waals surface area contributed by atoms with Crippen LogP contribution in [-0.4, -0.2) is 6.54 Å². The van der Waals surface area contributed by atoms with E-state index in [2.05, 4.69) is 5.32 Å².